The first-order valence-electron chi connectivity index (χ1n) is 6.16. The molecular weight excluding hydrogens is 234 g/mol. The Hall–Kier alpha value is -1.47. The minimum Gasteiger partial charge on any atom is -0.380 e. The van der Waals surface area contributed by atoms with Gasteiger partial charge in [-0.05, 0) is 6.42 Å². The first-order chi connectivity index (χ1) is 8.83. The van der Waals surface area contributed by atoms with Crippen molar-refractivity contribution in [3.63, 3.8) is 0 Å². The maximum absolute atomic E-state index is 10.9. The number of carbonyl (C=O) groups excluding carboxylic acids is 1. The van der Waals surface area contributed by atoms with Gasteiger partial charge in [0.15, 0.2) is 0 Å². The Balaban J connectivity index is 1.80. The summed E-state index contributed by atoms with van der Waals surface area (Å²) in [5.74, 6) is 0.0521. The van der Waals surface area contributed by atoms with E-state index in [9.17, 15) is 4.79 Å². The fraction of sp³-hybridized carbons (Fsp3) is 0.727. The van der Waals surface area contributed by atoms with Gasteiger partial charge in [-0.25, -0.2) is 0 Å². The van der Waals surface area contributed by atoms with E-state index in [1.165, 1.54) is 0 Å². The Morgan fingerprint density at radius 1 is 1.39 bits per heavy atom. The Kier molecular flexibility index (Phi) is 7.74. The zero-order valence-electron chi connectivity index (χ0n) is 10.8. The van der Waals surface area contributed by atoms with E-state index < -0.39 is 0 Å². The molecule has 7 heteroatoms. The Morgan fingerprint density at radius 3 is 3.00 bits per heavy atom. The minimum atomic E-state index is 0.0521. The monoisotopic (exact) mass is 255 g/mol. The van der Waals surface area contributed by atoms with Crippen molar-refractivity contribution in [2.75, 3.05) is 33.4 Å². The lowest BCUT2D eigenvalue weighted by Gasteiger charge is -2.06. The number of nitrogens with zero attached hydrogens (tertiary/aromatic N) is 3. The summed E-state index contributed by atoms with van der Waals surface area (Å²) in [6.45, 7) is 3.63. The van der Waals surface area contributed by atoms with Gasteiger partial charge in [0.25, 0.3) is 0 Å². The molecule has 102 valence electrons. The number of nitrogens with one attached hydrogen (secondary N) is 2. The molecule has 0 saturated heterocycles. The molecule has 0 atom stereocenters. The highest BCUT2D eigenvalue weighted by molar-refractivity contribution is 5.75. The first-order valence-corrected chi connectivity index (χ1v) is 6.16. The van der Waals surface area contributed by atoms with Crippen LogP contribution in [0.1, 0.15) is 12.8 Å². The minimum absolute atomic E-state index is 0.0521. The molecule has 0 radical (unpaired) electrons. The van der Waals surface area contributed by atoms with Gasteiger partial charge >= 0.3 is 0 Å². The molecule has 7 nitrogen and oxygen atoms in total. The number of amides is 1. The van der Waals surface area contributed by atoms with Crippen LogP contribution in [0.15, 0.2) is 12.4 Å². The van der Waals surface area contributed by atoms with Crippen molar-refractivity contribution >= 4 is 5.91 Å². The third kappa shape index (κ3) is 6.97. The second-order valence-corrected chi connectivity index (χ2v) is 3.81. The third-order valence-corrected chi connectivity index (χ3v) is 2.38. The van der Waals surface area contributed by atoms with Crippen LogP contribution < -0.4 is 10.6 Å². The highest BCUT2D eigenvalue weighted by Gasteiger charge is 1.96. The quantitative estimate of drug-likeness (QED) is 0.546. The number of hydrogen-bond acceptors (Lipinski definition) is 5. The van der Waals surface area contributed by atoms with Crippen molar-refractivity contribution in [1.29, 1.82) is 0 Å². The van der Waals surface area contributed by atoms with E-state index in [1.807, 2.05) is 6.20 Å². The average Bonchev–Trinajstić information content (AvgIpc) is 2.89. The second kappa shape index (κ2) is 9.55. The molecule has 1 heterocycles. The van der Waals surface area contributed by atoms with Gasteiger partial charge < -0.3 is 15.4 Å². The Labute approximate surface area is 107 Å². The van der Waals surface area contributed by atoms with Crippen LogP contribution in [0.5, 0.6) is 0 Å². The van der Waals surface area contributed by atoms with Crippen LogP contribution in [-0.4, -0.2) is 54.3 Å². The number of aromatic nitrogens is 3. The smallest absolute Gasteiger partial charge is 0.221 e. The van der Waals surface area contributed by atoms with Gasteiger partial charge in [0, 0.05) is 45.9 Å². The lowest BCUT2D eigenvalue weighted by molar-refractivity contribution is -0.120. The molecule has 0 fully saturated rings. The summed E-state index contributed by atoms with van der Waals surface area (Å²) in [4.78, 5) is 10.9. The van der Waals surface area contributed by atoms with Crippen molar-refractivity contribution in [2.24, 2.45) is 0 Å². The van der Waals surface area contributed by atoms with Crippen molar-refractivity contribution in [1.82, 2.24) is 25.6 Å². The fourth-order valence-corrected chi connectivity index (χ4v) is 1.38. The molecule has 0 aromatic carbocycles. The van der Waals surface area contributed by atoms with Gasteiger partial charge in [-0.1, -0.05) is 5.21 Å². The molecule has 2 N–H and O–H groups in total. The Morgan fingerprint density at radius 2 is 2.28 bits per heavy atom. The van der Waals surface area contributed by atoms with Crippen LogP contribution in [0, 0.1) is 0 Å². The lowest BCUT2D eigenvalue weighted by Crippen LogP contribution is -2.27. The predicted octanol–water partition coefficient (Wildman–Crippen LogP) is -0.589. The number of carbonyl (C=O) groups is 1. The van der Waals surface area contributed by atoms with Gasteiger partial charge in [-0.15, -0.1) is 5.10 Å². The highest BCUT2D eigenvalue weighted by atomic mass is 16.5. The summed E-state index contributed by atoms with van der Waals surface area (Å²) >= 11 is 0. The van der Waals surface area contributed by atoms with Crippen LogP contribution in [0.4, 0.5) is 0 Å². The molecule has 0 bridgehead atoms. The van der Waals surface area contributed by atoms with E-state index in [0.717, 1.165) is 19.5 Å². The van der Waals surface area contributed by atoms with Crippen LogP contribution >= 0.6 is 0 Å². The van der Waals surface area contributed by atoms with Crippen molar-refractivity contribution in [3.8, 4) is 0 Å². The zero-order valence-corrected chi connectivity index (χ0v) is 10.8. The summed E-state index contributed by atoms with van der Waals surface area (Å²) in [6, 6.07) is 0. The summed E-state index contributed by atoms with van der Waals surface area (Å²) in [6.07, 6.45) is 4.92. The highest BCUT2D eigenvalue weighted by Crippen LogP contribution is 1.88. The summed E-state index contributed by atoms with van der Waals surface area (Å²) < 4.78 is 7.22. The van der Waals surface area contributed by atoms with Gasteiger partial charge in [0.2, 0.25) is 5.91 Å². The number of rotatable bonds is 10. The van der Waals surface area contributed by atoms with E-state index in [1.54, 1.807) is 17.9 Å². The van der Waals surface area contributed by atoms with Crippen LogP contribution in [-0.2, 0) is 16.1 Å². The molecule has 1 aromatic heterocycles. The topological polar surface area (TPSA) is 81.1 Å². The zero-order chi connectivity index (χ0) is 13.1. The number of ether oxygens (including phenoxy) is 1. The van der Waals surface area contributed by atoms with Crippen LogP contribution in [0.3, 0.4) is 0 Å². The third-order valence-electron chi connectivity index (χ3n) is 2.38. The summed E-state index contributed by atoms with van der Waals surface area (Å²) in [5.41, 5.74) is 0. The van der Waals surface area contributed by atoms with E-state index in [0.29, 0.717) is 26.2 Å². The normalized spacial score (nSPS) is 10.5. The van der Waals surface area contributed by atoms with E-state index >= 15 is 0 Å². The molecule has 1 aromatic rings. The maximum Gasteiger partial charge on any atom is 0.221 e. The molecule has 18 heavy (non-hydrogen) atoms. The molecule has 0 spiro atoms. The predicted molar refractivity (Wildman–Crippen MR) is 67.0 cm³/mol. The molecule has 0 saturated carbocycles. The molecule has 1 rings (SSSR count). The average molecular weight is 255 g/mol. The second-order valence-electron chi connectivity index (χ2n) is 3.81. The van der Waals surface area contributed by atoms with Gasteiger partial charge in [0.05, 0.1) is 12.8 Å². The summed E-state index contributed by atoms with van der Waals surface area (Å²) in [5, 5.41) is 13.3. The number of aryl methyl sites for hydroxylation is 1. The largest absolute Gasteiger partial charge is 0.380 e. The number of hydrogen-bond donors (Lipinski definition) is 2. The molecule has 1 amide bonds. The SMILES string of the molecule is CNC(=O)CCNCCOCCCn1ccnn1. The molecule has 0 aliphatic heterocycles. The van der Waals surface area contributed by atoms with E-state index in [2.05, 4.69) is 20.9 Å². The van der Waals surface area contributed by atoms with Crippen molar-refractivity contribution < 1.29 is 9.53 Å². The van der Waals surface area contributed by atoms with Crippen molar-refractivity contribution in [2.45, 2.75) is 19.4 Å². The van der Waals surface area contributed by atoms with E-state index in [-0.39, 0.29) is 5.91 Å². The maximum atomic E-state index is 10.9. The van der Waals surface area contributed by atoms with Crippen LogP contribution in [0.25, 0.3) is 0 Å². The standard InChI is InChI=1S/C11H21N5O2/c1-12-11(17)3-4-13-6-10-18-9-2-7-16-8-5-14-15-16/h5,8,13H,2-4,6-7,9-10H2,1H3,(H,12,17). The lowest BCUT2D eigenvalue weighted by atomic mass is 10.4. The Bertz CT molecular complexity index is 315. The van der Waals surface area contributed by atoms with Crippen molar-refractivity contribution in [3.05, 3.63) is 12.4 Å². The van der Waals surface area contributed by atoms with Gasteiger partial charge in [-0.3, -0.25) is 9.48 Å². The van der Waals surface area contributed by atoms with E-state index in [4.69, 9.17) is 4.74 Å². The first kappa shape index (κ1) is 14.6. The van der Waals surface area contributed by atoms with Crippen LogP contribution in [0.2, 0.25) is 0 Å². The van der Waals surface area contributed by atoms with Gasteiger partial charge in [-0.2, -0.15) is 0 Å². The molecule has 0 unspecified atom stereocenters. The van der Waals surface area contributed by atoms with Gasteiger partial charge in [0.1, 0.15) is 0 Å². The molecule has 0 aliphatic carbocycles. The molecular formula is C11H21N5O2. The molecule has 0 aliphatic rings. The summed E-state index contributed by atoms with van der Waals surface area (Å²) in [7, 11) is 1.64. The fourth-order valence-electron chi connectivity index (χ4n) is 1.38.